The van der Waals surface area contributed by atoms with Crippen LogP contribution in [0.1, 0.15) is 0 Å². The molecule has 4 heteroatoms. The van der Waals surface area contributed by atoms with Crippen molar-refractivity contribution in [2.45, 2.75) is 0 Å². The molecule has 1 aromatic heterocycles. The first-order valence-corrected chi connectivity index (χ1v) is 3.61. The van der Waals surface area contributed by atoms with Gasteiger partial charge >= 0.3 is 0 Å². The molecule has 0 bridgehead atoms. The lowest BCUT2D eigenvalue weighted by atomic mass is 10.3. The van der Waals surface area contributed by atoms with Crippen molar-refractivity contribution in [1.82, 2.24) is 8.96 Å². The number of fused-ring (bicyclic) bond motifs is 1. The van der Waals surface area contributed by atoms with E-state index in [-0.39, 0.29) is 0 Å². The van der Waals surface area contributed by atoms with E-state index in [1.54, 1.807) is 3.97 Å². The summed E-state index contributed by atoms with van der Waals surface area (Å²) in [4.78, 5) is 4.08. The van der Waals surface area contributed by atoms with Crippen LogP contribution in [0.25, 0.3) is 11.0 Å². The monoisotopic (exact) mass is 165 g/mol. The Morgan fingerprint density at radius 1 is 1.36 bits per heavy atom. The third-order valence-corrected chi connectivity index (χ3v) is 1.98. The smallest absolute Gasteiger partial charge is 0.211 e. The van der Waals surface area contributed by atoms with E-state index in [4.69, 9.17) is 5.73 Å². The highest BCUT2D eigenvalue weighted by Gasteiger charge is 2.01. The van der Waals surface area contributed by atoms with Gasteiger partial charge in [0, 0.05) is 0 Å². The first-order chi connectivity index (χ1) is 5.29. The predicted octanol–water partition coefficient (Wildman–Crippen LogP) is 1.31. The molecule has 0 saturated heterocycles. The van der Waals surface area contributed by atoms with Gasteiger partial charge in [0.25, 0.3) is 0 Å². The zero-order valence-corrected chi connectivity index (χ0v) is 6.62. The van der Waals surface area contributed by atoms with E-state index >= 15 is 0 Å². The molecular weight excluding hydrogens is 158 g/mol. The fourth-order valence-corrected chi connectivity index (χ4v) is 1.25. The maximum Gasteiger partial charge on any atom is 0.211 e. The third-order valence-electron chi connectivity index (χ3n) is 1.56. The molecule has 0 radical (unpaired) electrons. The number of hydrogen-bond donors (Lipinski definition) is 2. The van der Waals surface area contributed by atoms with E-state index in [0.29, 0.717) is 5.95 Å². The molecular formula is C7H7N3S. The minimum Gasteiger partial charge on any atom is -0.368 e. The largest absolute Gasteiger partial charge is 0.368 e. The number of nitrogens with zero attached hydrogens (tertiary/aromatic N) is 2. The molecule has 0 amide bonds. The molecule has 0 saturated carbocycles. The van der Waals surface area contributed by atoms with E-state index in [9.17, 15) is 0 Å². The number of rotatable bonds is 0. The van der Waals surface area contributed by atoms with Gasteiger partial charge in [-0.1, -0.05) is 24.9 Å². The summed E-state index contributed by atoms with van der Waals surface area (Å²) in [7, 11) is 0. The molecule has 11 heavy (non-hydrogen) atoms. The number of aromatic nitrogens is 2. The van der Waals surface area contributed by atoms with Crippen LogP contribution < -0.4 is 5.73 Å². The van der Waals surface area contributed by atoms with Crippen LogP contribution in [0.4, 0.5) is 5.95 Å². The lowest BCUT2D eigenvalue weighted by Gasteiger charge is -1.91. The van der Waals surface area contributed by atoms with E-state index in [1.165, 1.54) is 0 Å². The SMILES string of the molecule is Nc1nc2ccccc2n1S. The number of nitrogen functional groups attached to an aromatic ring is 1. The summed E-state index contributed by atoms with van der Waals surface area (Å²) in [6, 6.07) is 7.67. The van der Waals surface area contributed by atoms with Gasteiger partial charge in [-0.3, -0.25) is 3.97 Å². The molecule has 0 aliphatic rings. The van der Waals surface area contributed by atoms with Crippen molar-refractivity contribution in [3.63, 3.8) is 0 Å². The van der Waals surface area contributed by atoms with E-state index in [2.05, 4.69) is 17.8 Å². The molecule has 0 fully saturated rings. The molecule has 1 aromatic carbocycles. The summed E-state index contributed by atoms with van der Waals surface area (Å²) < 4.78 is 1.56. The van der Waals surface area contributed by atoms with Gasteiger partial charge in [-0.05, 0) is 12.1 Å². The Balaban J connectivity index is 2.92. The quantitative estimate of drug-likeness (QED) is 0.578. The Labute approximate surface area is 69.4 Å². The maximum atomic E-state index is 5.53. The second-order valence-corrected chi connectivity index (χ2v) is 2.67. The number of para-hydroxylation sites is 2. The number of hydrogen-bond acceptors (Lipinski definition) is 3. The summed E-state index contributed by atoms with van der Waals surface area (Å²) in [5.74, 6) is 0.425. The Bertz CT molecular complexity index is 393. The van der Waals surface area contributed by atoms with Crippen molar-refractivity contribution in [3.05, 3.63) is 24.3 Å². The number of thiol groups is 1. The van der Waals surface area contributed by atoms with Crippen LogP contribution in [-0.4, -0.2) is 8.96 Å². The normalized spacial score (nSPS) is 10.6. The fraction of sp³-hybridized carbons (Fsp3) is 0. The first-order valence-electron chi connectivity index (χ1n) is 3.21. The van der Waals surface area contributed by atoms with Gasteiger partial charge < -0.3 is 5.73 Å². The van der Waals surface area contributed by atoms with Gasteiger partial charge in [-0.25, -0.2) is 4.98 Å². The zero-order chi connectivity index (χ0) is 7.84. The second-order valence-electron chi connectivity index (χ2n) is 2.27. The van der Waals surface area contributed by atoms with E-state index in [0.717, 1.165) is 11.0 Å². The summed E-state index contributed by atoms with van der Waals surface area (Å²) in [6.07, 6.45) is 0. The Morgan fingerprint density at radius 2 is 2.09 bits per heavy atom. The summed E-state index contributed by atoms with van der Waals surface area (Å²) >= 11 is 4.14. The average Bonchev–Trinajstić information content (AvgIpc) is 2.30. The highest BCUT2D eigenvalue weighted by atomic mass is 32.1. The maximum absolute atomic E-state index is 5.53. The van der Waals surface area contributed by atoms with E-state index in [1.807, 2.05) is 24.3 Å². The van der Waals surface area contributed by atoms with Crippen LogP contribution in [0.15, 0.2) is 24.3 Å². The minimum atomic E-state index is 0.425. The molecule has 0 aliphatic carbocycles. The van der Waals surface area contributed by atoms with Crippen molar-refractivity contribution in [2.75, 3.05) is 5.73 Å². The molecule has 56 valence electrons. The number of benzene rings is 1. The third kappa shape index (κ3) is 0.867. The lowest BCUT2D eigenvalue weighted by molar-refractivity contribution is 1.29. The predicted molar refractivity (Wildman–Crippen MR) is 48.5 cm³/mol. The molecule has 2 aromatic rings. The Kier molecular flexibility index (Phi) is 1.29. The van der Waals surface area contributed by atoms with Crippen LogP contribution in [0.2, 0.25) is 0 Å². The second kappa shape index (κ2) is 2.17. The molecule has 2 N–H and O–H groups in total. The lowest BCUT2D eigenvalue weighted by Crippen LogP contribution is -1.91. The molecule has 0 spiro atoms. The molecule has 1 heterocycles. The van der Waals surface area contributed by atoms with Crippen molar-refractivity contribution >= 4 is 29.8 Å². The summed E-state index contributed by atoms with van der Waals surface area (Å²) in [5.41, 5.74) is 7.34. The fourth-order valence-electron chi connectivity index (χ4n) is 1.03. The summed E-state index contributed by atoms with van der Waals surface area (Å²) in [6.45, 7) is 0. The van der Waals surface area contributed by atoms with Crippen LogP contribution >= 0.6 is 12.8 Å². The van der Waals surface area contributed by atoms with Crippen LogP contribution in [0, 0.1) is 0 Å². The summed E-state index contributed by atoms with van der Waals surface area (Å²) in [5, 5.41) is 0. The van der Waals surface area contributed by atoms with Crippen molar-refractivity contribution in [2.24, 2.45) is 0 Å². The van der Waals surface area contributed by atoms with Gasteiger partial charge in [0.1, 0.15) is 0 Å². The van der Waals surface area contributed by atoms with Crippen molar-refractivity contribution in [1.29, 1.82) is 0 Å². The van der Waals surface area contributed by atoms with Gasteiger partial charge in [-0.2, -0.15) is 0 Å². The standard InChI is InChI=1S/C7H7N3S/c8-7-9-5-3-1-2-4-6(5)10(7)11/h1-4,11H,(H2,8,9). The highest BCUT2D eigenvalue weighted by molar-refractivity contribution is 7.78. The van der Waals surface area contributed by atoms with Gasteiger partial charge in [0.2, 0.25) is 5.95 Å². The molecule has 3 nitrogen and oxygen atoms in total. The number of nitrogens with two attached hydrogens (primary N) is 1. The first kappa shape index (κ1) is 6.54. The van der Waals surface area contributed by atoms with Gasteiger partial charge in [0.05, 0.1) is 11.0 Å². The topological polar surface area (TPSA) is 43.8 Å². The van der Waals surface area contributed by atoms with E-state index < -0.39 is 0 Å². The van der Waals surface area contributed by atoms with Gasteiger partial charge in [-0.15, -0.1) is 0 Å². The molecule has 2 rings (SSSR count). The highest BCUT2D eigenvalue weighted by Crippen LogP contribution is 2.17. The zero-order valence-electron chi connectivity index (χ0n) is 5.73. The minimum absolute atomic E-state index is 0.425. The Hall–Kier alpha value is -1.16. The Morgan fingerprint density at radius 3 is 2.82 bits per heavy atom. The average molecular weight is 165 g/mol. The van der Waals surface area contributed by atoms with Crippen molar-refractivity contribution in [3.8, 4) is 0 Å². The van der Waals surface area contributed by atoms with Crippen LogP contribution in [0.5, 0.6) is 0 Å². The number of anilines is 1. The number of imidazole rings is 1. The molecule has 0 atom stereocenters. The molecule has 0 unspecified atom stereocenters. The van der Waals surface area contributed by atoms with Crippen molar-refractivity contribution < 1.29 is 0 Å². The van der Waals surface area contributed by atoms with Gasteiger partial charge in [0.15, 0.2) is 0 Å². The van der Waals surface area contributed by atoms with Crippen LogP contribution in [-0.2, 0) is 0 Å². The van der Waals surface area contributed by atoms with Crippen LogP contribution in [0.3, 0.4) is 0 Å². The molecule has 0 aliphatic heterocycles.